The van der Waals surface area contributed by atoms with Gasteiger partial charge in [-0.1, -0.05) is 30.3 Å². The summed E-state index contributed by atoms with van der Waals surface area (Å²) in [5.41, 5.74) is 3.26. The number of piperazine rings is 1. The summed E-state index contributed by atoms with van der Waals surface area (Å²) in [6.45, 7) is 4.93. The third kappa shape index (κ3) is 6.58. The van der Waals surface area contributed by atoms with Crippen LogP contribution < -0.4 is 25.2 Å². The summed E-state index contributed by atoms with van der Waals surface area (Å²) in [5.74, 6) is 2.80. The predicted octanol–water partition coefficient (Wildman–Crippen LogP) is 3.45. The Balaban J connectivity index is 1.00. The minimum Gasteiger partial charge on any atom is -0.492 e. The van der Waals surface area contributed by atoms with Crippen LogP contribution in [0.3, 0.4) is 0 Å². The van der Waals surface area contributed by atoms with Crippen LogP contribution in [0.4, 0.5) is 23.5 Å². The minimum atomic E-state index is 0.450. The van der Waals surface area contributed by atoms with E-state index in [9.17, 15) is 0 Å². The second kappa shape index (κ2) is 12.0. The Morgan fingerprint density at radius 2 is 1.56 bits per heavy atom. The van der Waals surface area contributed by atoms with Crippen molar-refractivity contribution in [1.29, 1.82) is 0 Å². The quantitative estimate of drug-likeness (QED) is 0.339. The van der Waals surface area contributed by atoms with E-state index in [0.717, 1.165) is 62.1 Å². The third-order valence-electron chi connectivity index (χ3n) is 7.07. The van der Waals surface area contributed by atoms with Gasteiger partial charge in [-0.3, -0.25) is 0 Å². The number of anilines is 4. The van der Waals surface area contributed by atoms with Crippen LogP contribution >= 0.6 is 0 Å². The van der Waals surface area contributed by atoms with Crippen molar-refractivity contribution < 1.29 is 4.74 Å². The maximum Gasteiger partial charge on any atom is 0.231 e. The first kappa shape index (κ1) is 25.0. The first-order chi connectivity index (χ1) is 19.3. The lowest BCUT2D eigenvalue weighted by Gasteiger charge is -2.34. The molecule has 4 aromatic rings. The van der Waals surface area contributed by atoms with E-state index < -0.39 is 0 Å². The predicted molar refractivity (Wildman–Crippen MR) is 152 cm³/mol. The van der Waals surface area contributed by atoms with Gasteiger partial charge in [0, 0.05) is 56.7 Å². The van der Waals surface area contributed by atoms with Crippen LogP contribution in [0.5, 0.6) is 5.75 Å². The second-order valence-electron chi connectivity index (χ2n) is 9.89. The van der Waals surface area contributed by atoms with Crippen molar-refractivity contribution in [3.8, 4) is 5.75 Å². The Morgan fingerprint density at radius 3 is 2.28 bits per heavy atom. The molecule has 2 aromatic carbocycles. The van der Waals surface area contributed by atoms with Crippen LogP contribution in [-0.2, 0) is 6.42 Å². The molecule has 0 amide bonds. The number of hydrogen-bond donors (Lipinski definition) is 2. The summed E-state index contributed by atoms with van der Waals surface area (Å²) in [4.78, 5) is 27.0. The highest BCUT2D eigenvalue weighted by Gasteiger charge is 2.21. The van der Waals surface area contributed by atoms with Gasteiger partial charge in [0.05, 0.1) is 0 Å². The molecule has 0 aliphatic carbocycles. The van der Waals surface area contributed by atoms with E-state index in [1.807, 2.05) is 42.7 Å². The van der Waals surface area contributed by atoms with Crippen molar-refractivity contribution in [2.24, 2.45) is 0 Å². The number of benzene rings is 2. The summed E-state index contributed by atoms with van der Waals surface area (Å²) in [6.07, 6.45) is 8.64. The van der Waals surface area contributed by atoms with Crippen LogP contribution in [0.1, 0.15) is 24.0 Å². The third-order valence-corrected chi connectivity index (χ3v) is 7.07. The molecule has 4 heterocycles. The van der Waals surface area contributed by atoms with Crippen molar-refractivity contribution >= 4 is 23.5 Å². The molecule has 6 rings (SSSR count). The fourth-order valence-electron chi connectivity index (χ4n) is 4.90. The molecule has 10 nitrogen and oxygen atoms in total. The van der Waals surface area contributed by atoms with Gasteiger partial charge in [-0.15, -0.1) is 0 Å². The standard InChI is InChI=1S/C29H33N9O/c1-2-5-22(6-3-1)17-23-18-31-28(32-19-23)37-13-15-38(16-14-37)29-34-21-33-27(36-29)35-24-8-10-26(11-9-24)39-20-25-7-4-12-30-25/h1-3,5-6,8-11,18-19,21,25,30H,4,7,12-17,20H2,(H,33,34,35,36). The molecule has 2 aliphatic heterocycles. The maximum atomic E-state index is 5.91. The molecule has 2 aliphatic rings. The van der Waals surface area contributed by atoms with E-state index in [2.05, 4.69) is 69.6 Å². The van der Waals surface area contributed by atoms with Gasteiger partial charge in [-0.05, 0) is 54.8 Å². The van der Waals surface area contributed by atoms with E-state index in [1.165, 1.54) is 18.4 Å². The summed E-state index contributed by atoms with van der Waals surface area (Å²) in [5, 5.41) is 6.73. The van der Waals surface area contributed by atoms with Gasteiger partial charge in [0.1, 0.15) is 18.7 Å². The summed E-state index contributed by atoms with van der Waals surface area (Å²) in [6, 6.07) is 18.7. The molecule has 0 bridgehead atoms. The maximum absolute atomic E-state index is 5.91. The first-order valence-corrected chi connectivity index (χ1v) is 13.6. The molecule has 200 valence electrons. The highest BCUT2D eigenvalue weighted by atomic mass is 16.5. The highest BCUT2D eigenvalue weighted by Crippen LogP contribution is 2.21. The van der Waals surface area contributed by atoms with Crippen LogP contribution in [-0.4, -0.2) is 70.3 Å². The molecule has 0 spiro atoms. The molecule has 10 heteroatoms. The number of ether oxygens (including phenoxy) is 1. The van der Waals surface area contributed by atoms with E-state index in [0.29, 0.717) is 24.5 Å². The van der Waals surface area contributed by atoms with Crippen molar-refractivity contribution in [1.82, 2.24) is 30.2 Å². The molecule has 0 saturated carbocycles. The van der Waals surface area contributed by atoms with Gasteiger partial charge in [0.2, 0.25) is 17.8 Å². The number of aromatic nitrogens is 5. The monoisotopic (exact) mass is 523 g/mol. The van der Waals surface area contributed by atoms with E-state index in [4.69, 9.17) is 4.74 Å². The van der Waals surface area contributed by atoms with Crippen LogP contribution in [0.25, 0.3) is 0 Å². The first-order valence-electron chi connectivity index (χ1n) is 13.6. The lowest BCUT2D eigenvalue weighted by atomic mass is 10.1. The van der Waals surface area contributed by atoms with Crippen molar-refractivity contribution in [2.45, 2.75) is 25.3 Å². The minimum absolute atomic E-state index is 0.450. The normalized spacial score (nSPS) is 17.3. The second-order valence-corrected chi connectivity index (χ2v) is 9.89. The fourth-order valence-corrected chi connectivity index (χ4v) is 4.90. The topological polar surface area (TPSA) is 104 Å². The Labute approximate surface area is 228 Å². The van der Waals surface area contributed by atoms with Gasteiger partial charge in [-0.25, -0.2) is 19.9 Å². The van der Waals surface area contributed by atoms with Gasteiger partial charge in [0.25, 0.3) is 0 Å². The largest absolute Gasteiger partial charge is 0.492 e. The van der Waals surface area contributed by atoms with Gasteiger partial charge in [-0.2, -0.15) is 4.98 Å². The Morgan fingerprint density at radius 1 is 0.821 bits per heavy atom. The number of nitrogens with one attached hydrogen (secondary N) is 2. The zero-order valence-corrected chi connectivity index (χ0v) is 21.9. The average Bonchev–Trinajstić information content (AvgIpc) is 3.52. The highest BCUT2D eigenvalue weighted by molar-refractivity contribution is 5.55. The molecule has 2 fully saturated rings. The summed E-state index contributed by atoms with van der Waals surface area (Å²) in [7, 11) is 0. The molecule has 1 atom stereocenters. The Bertz CT molecular complexity index is 1320. The van der Waals surface area contributed by atoms with Crippen LogP contribution in [0.2, 0.25) is 0 Å². The lowest BCUT2D eigenvalue weighted by molar-refractivity contribution is 0.277. The lowest BCUT2D eigenvalue weighted by Crippen LogP contribution is -2.47. The fraction of sp³-hybridized carbons (Fsp3) is 0.345. The van der Waals surface area contributed by atoms with Gasteiger partial charge < -0.3 is 25.2 Å². The molecular formula is C29H33N9O. The van der Waals surface area contributed by atoms with E-state index in [1.54, 1.807) is 6.33 Å². The number of nitrogens with zero attached hydrogens (tertiary/aromatic N) is 7. The van der Waals surface area contributed by atoms with Crippen molar-refractivity contribution in [2.75, 3.05) is 54.4 Å². The van der Waals surface area contributed by atoms with Crippen molar-refractivity contribution in [3.05, 3.63) is 84.4 Å². The molecule has 0 radical (unpaired) electrons. The number of rotatable bonds is 9. The Hall–Kier alpha value is -4.31. The molecule has 1 unspecified atom stereocenters. The zero-order valence-electron chi connectivity index (χ0n) is 21.9. The molecule has 2 N–H and O–H groups in total. The number of hydrogen-bond acceptors (Lipinski definition) is 10. The molecular weight excluding hydrogens is 490 g/mol. The van der Waals surface area contributed by atoms with E-state index in [-0.39, 0.29) is 0 Å². The van der Waals surface area contributed by atoms with Gasteiger partial charge in [0.15, 0.2) is 0 Å². The van der Waals surface area contributed by atoms with Crippen LogP contribution in [0, 0.1) is 0 Å². The van der Waals surface area contributed by atoms with Crippen molar-refractivity contribution in [3.63, 3.8) is 0 Å². The SMILES string of the molecule is c1ccc(Cc2cnc(N3CCN(c4ncnc(Nc5ccc(OCC6CCCN6)cc5)n4)CC3)nc2)cc1. The zero-order chi connectivity index (χ0) is 26.3. The molecule has 39 heavy (non-hydrogen) atoms. The molecule has 2 saturated heterocycles. The summed E-state index contributed by atoms with van der Waals surface area (Å²) < 4.78 is 5.91. The average molecular weight is 524 g/mol. The molecule has 2 aromatic heterocycles. The smallest absolute Gasteiger partial charge is 0.231 e. The summed E-state index contributed by atoms with van der Waals surface area (Å²) >= 11 is 0. The van der Waals surface area contributed by atoms with Crippen LogP contribution in [0.15, 0.2) is 73.3 Å². The van der Waals surface area contributed by atoms with E-state index >= 15 is 0 Å². The van der Waals surface area contributed by atoms with Gasteiger partial charge >= 0.3 is 0 Å². The Kier molecular flexibility index (Phi) is 7.71.